The Balaban J connectivity index is 1.90. The fourth-order valence-electron chi connectivity index (χ4n) is 2.90. The average Bonchev–Trinajstić information content (AvgIpc) is 3.00. The Morgan fingerprint density at radius 2 is 2.08 bits per heavy atom. The molecular formula is C19H26N2O3. The van der Waals surface area contributed by atoms with Gasteiger partial charge in [-0.3, -0.25) is 4.79 Å². The third kappa shape index (κ3) is 4.93. The van der Waals surface area contributed by atoms with Crippen LogP contribution in [0.2, 0.25) is 0 Å². The number of rotatable bonds is 9. The summed E-state index contributed by atoms with van der Waals surface area (Å²) in [5.74, 6) is -0.690. The average molecular weight is 330 g/mol. The van der Waals surface area contributed by atoms with Gasteiger partial charge in [-0.25, -0.2) is 4.98 Å². The van der Waals surface area contributed by atoms with Crippen LogP contribution in [0.1, 0.15) is 24.6 Å². The van der Waals surface area contributed by atoms with Gasteiger partial charge in [0.25, 0.3) is 0 Å². The van der Waals surface area contributed by atoms with Crippen LogP contribution in [-0.4, -0.2) is 33.8 Å². The fourth-order valence-corrected chi connectivity index (χ4v) is 2.90. The van der Waals surface area contributed by atoms with Crippen LogP contribution in [0.25, 0.3) is 0 Å². The number of benzene rings is 1. The van der Waals surface area contributed by atoms with Crippen LogP contribution < -0.4 is 0 Å². The first-order valence-corrected chi connectivity index (χ1v) is 8.42. The maximum atomic E-state index is 12.4. The van der Waals surface area contributed by atoms with E-state index in [-0.39, 0.29) is 24.4 Å². The molecule has 2 aromatic rings. The molecule has 0 amide bonds. The summed E-state index contributed by atoms with van der Waals surface area (Å²) in [7, 11) is 1.91. The summed E-state index contributed by atoms with van der Waals surface area (Å²) in [5, 5.41) is 9.73. The van der Waals surface area contributed by atoms with Crippen LogP contribution in [0.5, 0.6) is 0 Å². The molecule has 1 aromatic heterocycles. The molecule has 5 nitrogen and oxygen atoms in total. The lowest BCUT2D eigenvalue weighted by Crippen LogP contribution is -2.30. The maximum absolute atomic E-state index is 12.4. The van der Waals surface area contributed by atoms with Crippen LogP contribution >= 0.6 is 0 Å². The number of aliphatic hydroxyl groups is 1. The molecule has 0 saturated carbocycles. The third-order valence-corrected chi connectivity index (χ3v) is 4.41. The van der Waals surface area contributed by atoms with Gasteiger partial charge in [-0.1, -0.05) is 37.3 Å². The van der Waals surface area contributed by atoms with Crippen molar-refractivity contribution in [1.29, 1.82) is 0 Å². The second-order valence-corrected chi connectivity index (χ2v) is 6.06. The van der Waals surface area contributed by atoms with E-state index in [1.165, 1.54) is 0 Å². The van der Waals surface area contributed by atoms with Gasteiger partial charge in [0.05, 0.1) is 18.9 Å². The fraction of sp³-hybridized carbons (Fsp3) is 0.474. The van der Waals surface area contributed by atoms with E-state index in [4.69, 9.17) is 4.74 Å². The summed E-state index contributed by atoms with van der Waals surface area (Å²) in [6.07, 6.45) is 5.46. The first-order valence-electron chi connectivity index (χ1n) is 8.42. The Labute approximate surface area is 143 Å². The zero-order valence-electron chi connectivity index (χ0n) is 14.4. The molecule has 0 bridgehead atoms. The molecule has 130 valence electrons. The van der Waals surface area contributed by atoms with Gasteiger partial charge in [0.1, 0.15) is 0 Å². The van der Waals surface area contributed by atoms with Crippen LogP contribution in [-0.2, 0) is 29.4 Å². The Morgan fingerprint density at radius 1 is 1.33 bits per heavy atom. The molecule has 0 aliphatic carbocycles. The largest absolute Gasteiger partial charge is 0.465 e. The summed E-state index contributed by atoms with van der Waals surface area (Å²) >= 11 is 0. The number of nitrogens with zero attached hydrogens (tertiary/aromatic N) is 2. The van der Waals surface area contributed by atoms with Crippen LogP contribution in [0.15, 0.2) is 42.9 Å². The summed E-state index contributed by atoms with van der Waals surface area (Å²) < 4.78 is 7.37. The molecule has 1 heterocycles. The maximum Gasteiger partial charge on any atom is 0.309 e. The van der Waals surface area contributed by atoms with Crippen molar-refractivity contribution in [3.05, 3.63) is 54.1 Å². The van der Waals surface area contributed by atoms with Crippen molar-refractivity contribution < 1.29 is 14.6 Å². The van der Waals surface area contributed by atoms with Crippen molar-refractivity contribution in [2.75, 3.05) is 13.2 Å². The van der Waals surface area contributed by atoms with Crippen molar-refractivity contribution in [3.63, 3.8) is 0 Å². The van der Waals surface area contributed by atoms with Crippen molar-refractivity contribution in [3.8, 4) is 0 Å². The summed E-state index contributed by atoms with van der Waals surface area (Å²) in [6.45, 7) is 2.27. The van der Waals surface area contributed by atoms with Crippen LogP contribution in [0.3, 0.4) is 0 Å². The van der Waals surface area contributed by atoms with E-state index in [0.29, 0.717) is 25.9 Å². The molecule has 0 unspecified atom stereocenters. The van der Waals surface area contributed by atoms with E-state index >= 15 is 0 Å². The first-order chi connectivity index (χ1) is 11.7. The molecule has 2 atom stereocenters. The highest BCUT2D eigenvalue weighted by molar-refractivity contribution is 5.72. The number of carbonyl (C=O) groups is 1. The molecular weight excluding hydrogens is 304 g/mol. The van der Waals surface area contributed by atoms with E-state index in [2.05, 4.69) is 4.98 Å². The van der Waals surface area contributed by atoms with Crippen molar-refractivity contribution in [2.45, 2.75) is 26.2 Å². The quantitative estimate of drug-likeness (QED) is 0.717. The number of hydrogen-bond donors (Lipinski definition) is 1. The molecule has 5 heteroatoms. The van der Waals surface area contributed by atoms with Gasteiger partial charge < -0.3 is 14.4 Å². The van der Waals surface area contributed by atoms with E-state index < -0.39 is 0 Å². The predicted octanol–water partition coefficient (Wildman–Crippen LogP) is 2.38. The SMILES string of the molecule is CC[C@H](C(=O)OCCc1ccccc1)[C@H](CO)Cc1cncn1C. The number of carbonyl (C=O) groups excluding carboxylic acids is 1. The molecule has 0 radical (unpaired) electrons. The molecule has 24 heavy (non-hydrogen) atoms. The minimum atomic E-state index is -0.305. The molecule has 1 N–H and O–H groups in total. The van der Waals surface area contributed by atoms with Gasteiger partial charge in [-0.15, -0.1) is 0 Å². The lowest BCUT2D eigenvalue weighted by atomic mass is 9.87. The zero-order chi connectivity index (χ0) is 17.4. The van der Waals surface area contributed by atoms with Gasteiger partial charge in [0, 0.05) is 37.9 Å². The predicted molar refractivity (Wildman–Crippen MR) is 92.4 cm³/mol. The Hall–Kier alpha value is -2.14. The van der Waals surface area contributed by atoms with E-state index in [9.17, 15) is 9.90 Å². The van der Waals surface area contributed by atoms with Gasteiger partial charge in [0.15, 0.2) is 0 Å². The molecule has 0 aliphatic heterocycles. The Morgan fingerprint density at radius 3 is 2.67 bits per heavy atom. The smallest absolute Gasteiger partial charge is 0.309 e. The van der Waals surface area contributed by atoms with Crippen LogP contribution in [0.4, 0.5) is 0 Å². The molecule has 1 aromatic carbocycles. The minimum absolute atomic E-state index is 0.0442. The zero-order valence-corrected chi connectivity index (χ0v) is 14.4. The number of esters is 1. The summed E-state index contributed by atoms with van der Waals surface area (Å²) in [6, 6.07) is 9.95. The summed E-state index contributed by atoms with van der Waals surface area (Å²) in [4.78, 5) is 16.5. The highest BCUT2D eigenvalue weighted by atomic mass is 16.5. The lowest BCUT2D eigenvalue weighted by molar-refractivity contribution is -0.151. The normalized spacial score (nSPS) is 13.5. The molecule has 0 fully saturated rings. The van der Waals surface area contributed by atoms with Gasteiger partial charge in [0.2, 0.25) is 0 Å². The van der Waals surface area contributed by atoms with Gasteiger partial charge in [-0.2, -0.15) is 0 Å². The molecule has 0 spiro atoms. The second-order valence-electron chi connectivity index (χ2n) is 6.06. The molecule has 2 rings (SSSR count). The Kier molecular flexibility index (Phi) is 7.00. The second kappa shape index (κ2) is 9.23. The highest BCUT2D eigenvalue weighted by Gasteiger charge is 2.28. The summed E-state index contributed by atoms with van der Waals surface area (Å²) in [5.41, 5.74) is 2.15. The number of aliphatic hydroxyl groups excluding tert-OH is 1. The number of ether oxygens (including phenoxy) is 1. The van der Waals surface area contributed by atoms with E-state index in [0.717, 1.165) is 11.3 Å². The molecule has 0 aliphatic rings. The number of hydrogen-bond acceptors (Lipinski definition) is 4. The van der Waals surface area contributed by atoms with Crippen molar-refractivity contribution in [2.24, 2.45) is 18.9 Å². The Bertz CT molecular complexity index is 625. The van der Waals surface area contributed by atoms with Crippen molar-refractivity contribution in [1.82, 2.24) is 9.55 Å². The molecule has 0 saturated heterocycles. The number of imidazole rings is 1. The van der Waals surface area contributed by atoms with E-state index in [1.54, 1.807) is 12.5 Å². The van der Waals surface area contributed by atoms with Gasteiger partial charge >= 0.3 is 5.97 Å². The minimum Gasteiger partial charge on any atom is -0.465 e. The number of aromatic nitrogens is 2. The van der Waals surface area contributed by atoms with Crippen molar-refractivity contribution >= 4 is 5.97 Å². The van der Waals surface area contributed by atoms with E-state index in [1.807, 2.05) is 48.9 Å². The standard InChI is InChI=1S/C19H26N2O3/c1-3-18(16(13-22)11-17-12-20-14-21(17)2)19(23)24-10-9-15-7-5-4-6-8-15/h4-8,12,14,16,18,22H,3,9-11,13H2,1-2H3/t16-,18-/m0/s1. The number of aryl methyl sites for hydroxylation is 1. The first kappa shape index (κ1) is 18.2. The van der Waals surface area contributed by atoms with Crippen LogP contribution in [0, 0.1) is 11.8 Å². The van der Waals surface area contributed by atoms with Gasteiger partial charge in [-0.05, 0) is 18.4 Å². The third-order valence-electron chi connectivity index (χ3n) is 4.41. The highest BCUT2D eigenvalue weighted by Crippen LogP contribution is 2.22. The topological polar surface area (TPSA) is 64.3 Å². The monoisotopic (exact) mass is 330 g/mol. The lowest BCUT2D eigenvalue weighted by Gasteiger charge is -2.23.